The molecular formula is C19H22N4O4. The number of nitrogens with zero attached hydrogens (tertiary/aromatic N) is 2. The lowest BCUT2D eigenvalue weighted by Crippen LogP contribution is -2.38. The van der Waals surface area contributed by atoms with Gasteiger partial charge < -0.3 is 25.4 Å². The van der Waals surface area contributed by atoms with Gasteiger partial charge in [0.1, 0.15) is 11.6 Å². The van der Waals surface area contributed by atoms with E-state index in [2.05, 4.69) is 15.2 Å². The molecule has 1 saturated heterocycles. The maximum absolute atomic E-state index is 12.1. The summed E-state index contributed by atoms with van der Waals surface area (Å²) in [6, 6.07) is 10.2. The van der Waals surface area contributed by atoms with E-state index in [4.69, 9.17) is 15.2 Å². The molecule has 1 aliphatic heterocycles. The topological polar surface area (TPSA) is 107 Å². The van der Waals surface area contributed by atoms with Crippen molar-refractivity contribution < 1.29 is 19.1 Å². The zero-order valence-corrected chi connectivity index (χ0v) is 14.9. The summed E-state index contributed by atoms with van der Waals surface area (Å²) in [5.74, 6) is 0.460. The van der Waals surface area contributed by atoms with Crippen LogP contribution in [0, 0.1) is 0 Å². The van der Waals surface area contributed by atoms with E-state index in [1.165, 1.54) is 6.07 Å². The van der Waals surface area contributed by atoms with Crippen molar-refractivity contribution in [3.05, 3.63) is 53.7 Å². The number of hydrogen-bond donors (Lipinski definition) is 2. The number of amides is 2. The van der Waals surface area contributed by atoms with E-state index in [-0.39, 0.29) is 12.5 Å². The standard InChI is InChI=1S/C19H22N4O4/c20-18(25)14-3-1-5-16(11-14)27-13-17(24)22-12-15-4-2-6-21-19(15)23-7-9-26-10-8-23/h1-6,11H,7-10,12-13H2,(H2,20,25)(H,22,24). The van der Waals surface area contributed by atoms with Crippen molar-refractivity contribution >= 4 is 17.6 Å². The van der Waals surface area contributed by atoms with Gasteiger partial charge in [-0.1, -0.05) is 12.1 Å². The smallest absolute Gasteiger partial charge is 0.258 e. The van der Waals surface area contributed by atoms with Crippen LogP contribution in [-0.4, -0.2) is 49.7 Å². The Morgan fingerprint density at radius 1 is 1.22 bits per heavy atom. The molecule has 3 rings (SSSR count). The maximum Gasteiger partial charge on any atom is 0.258 e. The fourth-order valence-corrected chi connectivity index (χ4v) is 2.76. The zero-order chi connectivity index (χ0) is 19.1. The molecule has 27 heavy (non-hydrogen) atoms. The zero-order valence-electron chi connectivity index (χ0n) is 14.9. The molecule has 8 heteroatoms. The lowest BCUT2D eigenvalue weighted by atomic mass is 10.2. The van der Waals surface area contributed by atoms with E-state index in [9.17, 15) is 9.59 Å². The number of primary amides is 1. The molecule has 0 saturated carbocycles. The Hall–Kier alpha value is -3.13. The number of pyridine rings is 1. The van der Waals surface area contributed by atoms with Gasteiger partial charge in [0.25, 0.3) is 5.91 Å². The Morgan fingerprint density at radius 3 is 2.81 bits per heavy atom. The van der Waals surface area contributed by atoms with Gasteiger partial charge in [-0.25, -0.2) is 4.98 Å². The molecule has 0 unspecified atom stereocenters. The first-order chi connectivity index (χ1) is 13.1. The molecule has 1 fully saturated rings. The fraction of sp³-hybridized carbons (Fsp3) is 0.316. The minimum atomic E-state index is -0.544. The molecule has 0 atom stereocenters. The predicted octanol–water partition coefficient (Wildman–Crippen LogP) is 0.712. The molecule has 2 heterocycles. The summed E-state index contributed by atoms with van der Waals surface area (Å²) in [5.41, 5.74) is 6.50. The Morgan fingerprint density at radius 2 is 2.04 bits per heavy atom. The van der Waals surface area contributed by atoms with Crippen molar-refractivity contribution in [3.8, 4) is 5.75 Å². The molecule has 0 spiro atoms. The van der Waals surface area contributed by atoms with E-state index in [0.29, 0.717) is 31.1 Å². The number of carbonyl (C=O) groups is 2. The molecule has 0 bridgehead atoms. The number of nitrogens with two attached hydrogens (primary N) is 1. The molecule has 2 aromatic rings. The van der Waals surface area contributed by atoms with Crippen molar-refractivity contribution in [2.45, 2.75) is 6.54 Å². The van der Waals surface area contributed by atoms with Crippen LogP contribution in [0.15, 0.2) is 42.6 Å². The summed E-state index contributed by atoms with van der Waals surface area (Å²) in [4.78, 5) is 29.9. The maximum atomic E-state index is 12.1. The van der Waals surface area contributed by atoms with Crippen LogP contribution in [-0.2, 0) is 16.1 Å². The third-order valence-corrected chi connectivity index (χ3v) is 4.14. The highest BCUT2D eigenvalue weighted by molar-refractivity contribution is 5.93. The number of hydrogen-bond acceptors (Lipinski definition) is 6. The number of morpholine rings is 1. The predicted molar refractivity (Wildman–Crippen MR) is 99.6 cm³/mol. The first-order valence-electron chi connectivity index (χ1n) is 8.69. The monoisotopic (exact) mass is 370 g/mol. The van der Waals surface area contributed by atoms with E-state index >= 15 is 0 Å². The first-order valence-corrected chi connectivity index (χ1v) is 8.69. The van der Waals surface area contributed by atoms with Crippen molar-refractivity contribution in [2.24, 2.45) is 5.73 Å². The lowest BCUT2D eigenvalue weighted by Gasteiger charge is -2.29. The molecule has 8 nitrogen and oxygen atoms in total. The number of benzene rings is 1. The summed E-state index contributed by atoms with van der Waals surface area (Å²) in [6.07, 6.45) is 1.74. The Bertz CT molecular complexity index is 806. The van der Waals surface area contributed by atoms with Crippen LogP contribution in [0.25, 0.3) is 0 Å². The van der Waals surface area contributed by atoms with E-state index in [0.717, 1.165) is 24.5 Å². The highest BCUT2D eigenvalue weighted by Gasteiger charge is 2.16. The highest BCUT2D eigenvalue weighted by atomic mass is 16.5. The lowest BCUT2D eigenvalue weighted by molar-refractivity contribution is -0.123. The molecule has 1 aromatic heterocycles. The van der Waals surface area contributed by atoms with Crippen molar-refractivity contribution in [2.75, 3.05) is 37.8 Å². The minimum absolute atomic E-state index is 0.157. The normalized spacial score (nSPS) is 13.9. The van der Waals surface area contributed by atoms with Gasteiger partial charge >= 0.3 is 0 Å². The van der Waals surface area contributed by atoms with Crippen LogP contribution in [0.3, 0.4) is 0 Å². The van der Waals surface area contributed by atoms with Gasteiger partial charge in [0.2, 0.25) is 5.91 Å². The second kappa shape index (κ2) is 9.00. The first kappa shape index (κ1) is 18.7. The number of anilines is 1. The Balaban J connectivity index is 1.54. The van der Waals surface area contributed by atoms with Crippen LogP contribution in [0.4, 0.5) is 5.82 Å². The van der Waals surface area contributed by atoms with Crippen LogP contribution >= 0.6 is 0 Å². The minimum Gasteiger partial charge on any atom is -0.484 e. The largest absolute Gasteiger partial charge is 0.484 e. The SMILES string of the molecule is NC(=O)c1cccc(OCC(=O)NCc2cccnc2N2CCOCC2)c1. The van der Waals surface area contributed by atoms with Gasteiger partial charge in [-0.2, -0.15) is 0 Å². The second-order valence-corrected chi connectivity index (χ2v) is 6.04. The van der Waals surface area contributed by atoms with Crippen LogP contribution < -0.4 is 20.7 Å². The quantitative estimate of drug-likeness (QED) is 0.743. The molecule has 1 aromatic carbocycles. The molecule has 3 N–H and O–H groups in total. The average molecular weight is 370 g/mol. The van der Waals surface area contributed by atoms with Crippen molar-refractivity contribution in [3.63, 3.8) is 0 Å². The molecule has 142 valence electrons. The van der Waals surface area contributed by atoms with E-state index in [1.54, 1.807) is 24.4 Å². The van der Waals surface area contributed by atoms with Gasteiger partial charge in [-0.05, 0) is 24.3 Å². The van der Waals surface area contributed by atoms with Gasteiger partial charge in [-0.15, -0.1) is 0 Å². The summed E-state index contributed by atoms with van der Waals surface area (Å²) in [6.45, 7) is 3.08. The highest BCUT2D eigenvalue weighted by Crippen LogP contribution is 2.18. The molecule has 0 aliphatic carbocycles. The van der Waals surface area contributed by atoms with Crippen molar-refractivity contribution in [1.29, 1.82) is 0 Å². The number of aromatic nitrogens is 1. The summed E-state index contributed by atoms with van der Waals surface area (Å²) in [5, 5.41) is 2.83. The van der Waals surface area contributed by atoms with E-state index < -0.39 is 5.91 Å². The number of ether oxygens (including phenoxy) is 2. The number of rotatable bonds is 7. The summed E-state index contributed by atoms with van der Waals surface area (Å²) in [7, 11) is 0. The molecule has 2 amide bonds. The van der Waals surface area contributed by atoms with Gasteiger partial charge in [0, 0.05) is 37.0 Å². The number of nitrogens with one attached hydrogen (secondary N) is 1. The summed E-state index contributed by atoms with van der Waals surface area (Å²) >= 11 is 0. The Labute approximate surface area is 157 Å². The van der Waals surface area contributed by atoms with Gasteiger partial charge in [-0.3, -0.25) is 9.59 Å². The molecule has 0 radical (unpaired) electrons. The van der Waals surface area contributed by atoms with Gasteiger partial charge in [0.05, 0.1) is 13.2 Å². The van der Waals surface area contributed by atoms with Crippen LogP contribution in [0.2, 0.25) is 0 Å². The van der Waals surface area contributed by atoms with Crippen LogP contribution in [0.5, 0.6) is 5.75 Å². The third kappa shape index (κ3) is 5.18. The third-order valence-electron chi connectivity index (χ3n) is 4.14. The van der Waals surface area contributed by atoms with Crippen LogP contribution in [0.1, 0.15) is 15.9 Å². The second-order valence-electron chi connectivity index (χ2n) is 6.04. The average Bonchev–Trinajstić information content (AvgIpc) is 2.72. The van der Waals surface area contributed by atoms with Gasteiger partial charge in [0.15, 0.2) is 6.61 Å². The summed E-state index contributed by atoms with van der Waals surface area (Å²) < 4.78 is 10.8. The fourth-order valence-electron chi connectivity index (χ4n) is 2.76. The molecule has 1 aliphatic rings. The Kier molecular flexibility index (Phi) is 6.22. The molecular weight excluding hydrogens is 348 g/mol. The number of carbonyl (C=O) groups excluding carboxylic acids is 2. The van der Waals surface area contributed by atoms with Crippen molar-refractivity contribution in [1.82, 2.24) is 10.3 Å². The van der Waals surface area contributed by atoms with E-state index in [1.807, 2.05) is 12.1 Å².